The highest BCUT2D eigenvalue weighted by Gasteiger charge is 2.31. The van der Waals surface area contributed by atoms with Gasteiger partial charge in [-0.1, -0.05) is 89.0 Å². The van der Waals surface area contributed by atoms with E-state index in [1.165, 1.54) is 18.2 Å². The number of hydrogen-bond donors (Lipinski definition) is 0. The summed E-state index contributed by atoms with van der Waals surface area (Å²) in [6, 6.07) is 22.2. The Bertz CT molecular complexity index is 1180. The molecule has 140 valence electrons. The molecule has 1 aromatic heterocycles. The summed E-state index contributed by atoms with van der Waals surface area (Å²) in [5.41, 5.74) is 1.48. The fourth-order valence-corrected chi connectivity index (χ4v) is 4.77. The van der Waals surface area contributed by atoms with Crippen LogP contribution in [0.1, 0.15) is 0 Å². The fourth-order valence-electron chi connectivity index (χ4n) is 2.85. The average Bonchev–Trinajstić information content (AvgIpc) is 3.17. The molecule has 0 aliphatic carbocycles. The Morgan fingerprint density at radius 3 is 1.96 bits per heavy atom. The van der Waals surface area contributed by atoms with E-state index >= 15 is 0 Å². The number of halogens is 2. The van der Waals surface area contributed by atoms with E-state index in [0.29, 0.717) is 11.1 Å². The van der Waals surface area contributed by atoms with Gasteiger partial charge in [-0.15, -0.1) is 0 Å². The second-order valence-corrected chi connectivity index (χ2v) is 8.70. The molecule has 4 nitrogen and oxygen atoms in total. The second-order valence-electron chi connectivity index (χ2n) is 6.00. The molecule has 0 spiro atoms. The monoisotopic (exact) mass is 429 g/mol. The third-order valence-electron chi connectivity index (χ3n) is 4.20. The van der Waals surface area contributed by atoms with Crippen LogP contribution in [0.5, 0.6) is 0 Å². The minimum Gasteiger partial charge on any atom is -0.354 e. The van der Waals surface area contributed by atoms with Crippen molar-refractivity contribution in [1.29, 1.82) is 0 Å². The van der Waals surface area contributed by atoms with Gasteiger partial charge in [-0.25, -0.2) is 8.42 Å². The molecule has 0 saturated carbocycles. The van der Waals surface area contributed by atoms with Crippen molar-refractivity contribution in [2.75, 3.05) is 0 Å². The minimum atomic E-state index is -3.99. The van der Waals surface area contributed by atoms with Crippen LogP contribution in [0.3, 0.4) is 0 Å². The third-order valence-corrected chi connectivity index (χ3v) is 6.73. The van der Waals surface area contributed by atoms with E-state index in [2.05, 4.69) is 5.16 Å². The Morgan fingerprint density at radius 1 is 0.750 bits per heavy atom. The zero-order valence-electron chi connectivity index (χ0n) is 14.3. The van der Waals surface area contributed by atoms with E-state index < -0.39 is 9.84 Å². The highest BCUT2D eigenvalue weighted by Crippen LogP contribution is 2.39. The van der Waals surface area contributed by atoms with Crippen LogP contribution in [0.25, 0.3) is 22.6 Å². The van der Waals surface area contributed by atoms with Crippen LogP contribution >= 0.6 is 23.2 Å². The first-order chi connectivity index (χ1) is 13.5. The summed E-state index contributed by atoms with van der Waals surface area (Å²) in [6.07, 6.45) is 0. The second kappa shape index (κ2) is 7.43. The lowest BCUT2D eigenvalue weighted by molar-refractivity contribution is 0.433. The standard InChI is InChI=1S/C21H13Cl2NO3S/c22-17-12-11-16(13-18(17)23)28(25,26)21-19(14-7-3-1-4-8-14)24-27-20(21)15-9-5-2-6-10-15/h1-13H. The van der Waals surface area contributed by atoms with Crippen LogP contribution in [0, 0.1) is 0 Å². The maximum atomic E-state index is 13.5. The molecule has 0 amide bonds. The maximum Gasteiger partial charge on any atom is 0.212 e. The highest BCUT2D eigenvalue weighted by molar-refractivity contribution is 7.91. The van der Waals surface area contributed by atoms with Crippen molar-refractivity contribution in [2.45, 2.75) is 9.79 Å². The Labute approximate surface area is 172 Å². The van der Waals surface area contributed by atoms with E-state index in [0.717, 1.165) is 0 Å². The first kappa shape index (κ1) is 18.7. The molecular formula is C21H13Cl2NO3S. The van der Waals surface area contributed by atoms with Gasteiger partial charge >= 0.3 is 0 Å². The molecule has 0 unspecified atom stereocenters. The lowest BCUT2D eigenvalue weighted by atomic mass is 10.1. The summed E-state index contributed by atoms with van der Waals surface area (Å²) in [7, 11) is -3.99. The molecule has 0 N–H and O–H groups in total. The van der Waals surface area contributed by atoms with Gasteiger partial charge in [0, 0.05) is 11.1 Å². The van der Waals surface area contributed by atoms with Crippen molar-refractivity contribution >= 4 is 33.0 Å². The van der Waals surface area contributed by atoms with E-state index in [-0.39, 0.29) is 31.3 Å². The van der Waals surface area contributed by atoms with E-state index in [9.17, 15) is 8.42 Å². The third kappa shape index (κ3) is 3.33. The van der Waals surface area contributed by atoms with Gasteiger partial charge in [-0.05, 0) is 18.2 Å². The zero-order valence-corrected chi connectivity index (χ0v) is 16.7. The molecule has 1 heterocycles. The highest BCUT2D eigenvalue weighted by atomic mass is 35.5. The first-order valence-electron chi connectivity index (χ1n) is 8.29. The number of benzene rings is 3. The van der Waals surface area contributed by atoms with Crippen molar-refractivity contribution < 1.29 is 12.9 Å². The number of aromatic nitrogens is 1. The maximum absolute atomic E-state index is 13.5. The molecule has 0 aliphatic rings. The van der Waals surface area contributed by atoms with Crippen molar-refractivity contribution in [1.82, 2.24) is 5.16 Å². The zero-order chi connectivity index (χ0) is 19.7. The summed E-state index contributed by atoms with van der Waals surface area (Å²) in [5.74, 6) is 0.172. The predicted molar refractivity (Wildman–Crippen MR) is 109 cm³/mol. The van der Waals surface area contributed by atoms with Gasteiger partial charge < -0.3 is 4.52 Å². The Balaban J connectivity index is 2.00. The minimum absolute atomic E-state index is 0.0108. The lowest BCUT2D eigenvalue weighted by Crippen LogP contribution is -2.04. The van der Waals surface area contributed by atoms with Crippen molar-refractivity contribution in [3.05, 3.63) is 88.9 Å². The van der Waals surface area contributed by atoms with Gasteiger partial charge in [0.1, 0.15) is 10.6 Å². The molecule has 0 radical (unpaired) electrons. The largest absolute Gasteiger partial charge is 0.354 e. The Kier molecular flexibility index (Phi) is 4.98. The molecule has 0 aliphatic heterocycles. The molecule has 0 saturated heterocycles. The van der Waals surface area contributed by atoms with Gasteiger partial charge in [0.2, 0.25) is 9.84 Å². The van der Waals surface area contributed by atoms with Gasteiger partial charge in [0.25, 0.3) is 0 Å². The van der Waals surface area contributed by atoms with Crippen LogP contribution in [0.4, 0.5) is 0 Å². The fraction of sp³-hybridized carbons (Fsp3) is 0. The molecule has 3 aromatic carbocycles. The van der Waals surface area contributed by atoms with E-state index in [1.54, 1.807) is 36.4 Å². The molecule has 0 bridgehead atoms. The average molecular weight is 430 g/mol. The van der Waals surface area contributed by atoms with Crippen LogP contribution in [-0.4, -0.2) is 13.6 Å². The summed E-state index contributed by atoms with van der Waals surface area (Å²) >= 11 is 12.0. The van der Waals surface area contributed by atoms with Gasteiger partial charge in [0.15, 0.2) is 5.76 Å². The smallest absolute Gasteiger partial charge is 0.212 e. The molecule has 7 heteroatoms. The first-order valence-corrected chi connectivity index (χ1v) is 10.5. The van der Waals surface area contributed by atoms with Gasteiger partial charge in [-0.3, -0.25) is 0 Å². The topological polar surface area (TPSA) is 60.2 Å². The quantitative estimate of drug-likeness (QED) is 0.390. The van der Waals surface area contributed by atoms with Crippen LogP contribution in [0.2, 0.25) is 10.0 Å². The summed E-state index contributed by atoms with van der Waals surface area (Å²) in [5, 5.41) is 4.51. The van der Waals surface area contributed by atoms with Gasteiger partial charge in [0.05, 0.1) is 14.9 Å². The number of rotatable bonds is 4. The van der Waals surface area contributed by atoms with Crippen LogP contribution in [-0.2, 0) is 9.84 Å². The van der Waals surface area contributed by atoms with Crippen LogP contribution < -0.4 is 0 Å². The Morgan fingerprint density at radius 2 is 1.36 bits per heavy atom. The summed E-state index contributed by atoms with van der Waals surface area (Å²) < 4.78 is 32.6. The van der Waals surface area contributed by atoms with Crippen molar-refractivity contribution in [2.24, 2.45) is 0 Å². The van der Waals surface area contributed by atoms with Crippen molar-refractivity contribution in [3.63, 3.8) is 0 Å². The molecule has 4 aromatic rings. The number of nitrogens with zero attached hydrogens (tertiary/aromatic N) is 1. The molecule has 0 fully saturated rings. The molecular weight excluding hydrogens is 417 g/mol. The normalized spacial score (nSPS) is 11.5. The molecule has 28 heavy (non-hydrogen) atoms. The number of hydrogen-bond acceptors (Lipinski definition) is 4. The summed E-state index contributed by atoms with van der Waals surface area (Å²) in [4.78, 5) is 0.00255. The van der Waals surface area contributed by atoms with E-state index in [1.807, 2.05) is 24.3 Å². The molecule has 4 rings (SSSR count). The SMILES string of the molecule is O=S(=O)(c1ccc(Cl)c(Cl)c1)c1c(-c2ccccc2)noc1-c1ccccc1. The number of sulfone groups is 1. The Hall–Kier alpha value is -2.60. The van der Waals surface area contributed by atoms with E-state index in [4.69, 9.17) is 27.7 Å². The predicted octanol–water partition coefficient (Wildman–Crippen LogP) is 6.15. The summed E-state index contributed by atoms with van der Waals surface area (Å²) in [6.45, 7) is 0. The van der Waals surface area contributed by atoms with Gasteiger partial charge in [-0.2, -0.15) is 0 Å². The molecule has 0 atom stereocenters. The van der Waals surface area contributed by atoms with Crippen molar-refractivity contribution in [3.8, 4) is 22.6 Å². The van der Waals surface area contributed by atoms with Crippen LogP contribution in [0.15, 0.2) is 93.2 Å². The lowest BCUT2D eigenvalue weighted by Gasteiger charge is -2.08.